The molecule has 1 fully saturated rings. The lowest BCUT2D eigenvalue weighted by Crippen LogP contribution is -2.54. The summed E-state index contributed by atoms with van der Waals surface area (Å²) in [5.41, 5.74) is 0. The fourth-order valence-corrected chi connectivity index (χ4v) is 2.16. The van der Waals surface area contributed by atoms with Crippen molar-refractivity contribution in [3.05, 3.63) is 0 Å². The number of carbonyl (C=O) groups is 3. The molecule has 0 aromatic carbocycles. The van der Waals surface area contributed by atoms with E-state index in [1.165, 1.54) is 11.8 Å². The highest BCUT2D eigenvalue weighted by molar-refractivity contribution is 5.83. The van der Waals surface area contributed by atoms with Crippen LogP contribution in [0.5, 0.6) is 0 Å². The first-order valence-electron chi connectivity index (χ1n) is 6.54. The summed E-state index contributed by atoms with van der Waals surface area (Å²) in [6.45, 7) is 2.07. The molecule has 1 aliphatic heterocycles. The number of carboxylic acid groups (broad SMARTS) is 1. The van der Waals surface area contributed by atoms with E-state index in [2.05, 4.69) is 10.6 Å². The maximum Gasteiger partial charge on any atom is 0.328 e. The summed E-state index contributed by atoms with van der Waals surface area (Å²) in [5, 5.41) is 23.1. The number of hydrogen-bond acceptors (Lipinski definition) is 4. The van der Waals surface area contributed by atoms with Gasteiger partial charge in [0, 0.05) is 26.1 Å². The molecule has 1 aliphatic rings. The number of carbonyl (C=O) groups excluding carboxylic acids is 2. The van der Waals surface area contributed by atoms with Crippen LogP contribution in [0.15, 0.2) is 0 Å². The monoisotopic (exact) mass is 287 g/mol. The van der Waals surface area contributed by atoms with Gasteiger partial charge >= 0.3 is 12.0 Å². The number of nitrogens with zero attached hydrogens (tertiary/aromatic N) is 1. The number of urea groups is 1. The topological polar surface area (TPSA) is 119 Å². The van der Waals surface area contributed by atoms with Gasteiger partial charge in [0.2, 0.25) is 5.91 Å². The van der Waals surface area contributed by atoms with E-state index in [9.17, 15) is 19.5 Å². The Morgan fingerprint density at radius 2 is 1.80 bits per heavy atom. The van der Waals surface area contributed by atoms with E-state index in [1.807, 2.05) is 0 Å². The maximum absolute atomic E-state index is 11.9. The van der Waals surface area contributed by atoms with E-state index in [1.54, 1.807) is 7.05 Å². The van der Waals surface area contributed by atoms with Crippen molar-refractivity contribution in [3.8, 4) is 0 Å². The molecule has 1 heterocycles. The number of likely N-dealkylation sites (tertiary alicyclic amines) is 1. The second-order valence-electron chi connectivity index (χ2n) is 4.88. The Hall–Kier alpha value is -1.83. The number of aliphatic hydroxyl groups is 1. The SMILES string of the molecule is CNC(=O)C1CCN(C(=O)NC(C(=O)O)C(C)O)CC1. The minimum absolute atomic E-state index is 0.0440. The van der Waals surface area contributed by atoms with Crippen LogP contribution in [-0.4, -0.2) is 65.3 Å². The van der Waals surface area contributed by atoms with E-state index in [4.69, 9.17) is 5.11 Å². The fraction of sp³-hybridized carbons (Fsp3) is 0.750. The summed E-state index contributed by atoms with van der Waals surface area (Å²) in [5.74, 6) is -1.44. The molecule has 2 atom stereocenters. The van der Waals surface area contributed by atoms with Gasteiger partial charge in [-0.15, -0.1) is 0 Å². The second-order valence-corrected chi connectivity index (χ2v) is 4.88. The van der Waals surface area contributed by atoms with Gasteiger partial charge < -0.3 is 25.7 Å². The molecule has 0 aliphatic carbocycles. The van der Waals surface area contributed by atoms with Crippen LogP contribution < -0.4 is 10.6 Å². The van der Waals surface area contributed by atoms with E-state index in [0.29, 0.717) is 25.9 Å². The Bertz CT molecular complexity index is 377. The molecule has 0 aromatic rings. The van der Waals surface area contributed by atoms with Crippen molar-refractivity contribution in [1.29, 1.82) is 0 Å². The van der Waals surface area contributed by atoms with Crippen LogP contribution >= 0.6 is 0 Å². The smallest absolute Gasteiger partial charge is 0.328 e. The lowest BCUT2D eigenvalue weighted by atomic mass is 9.96. The normalized spacial score (nSPS) is 19.1. The molecule has 8 nitrogen and oxygen atoms in total. The number of aliphatic carboxylic acids is 1. The number of nitrogens with one attached hydrogen (secondary N) is 2. The van der Waals surface area contributed by atoms with Crippen molar-refractivity contribution in [2.75, 3.05) is 20.1 Å². The molecular formula is C12H21N3O5. The quantitative estimate of drug-likeness (QED) is 0.528. The van der Waals surface area contributed by atoms with E-state index in [-0.39, 0.29) is 11.8 Å². The first-order chi connectivity index (χ1) is 9.36. The van der Waals surface area contributed by atoms with E-state index < -0.39 is 24.1 Å². The molecule has 2 unspecified atom stereocenters. The van der Waals surface area contributed by atoms with E-state index >= 15 is 0 Å². The number of aliphatic hydroxyl groups excluding tert-OH is 1. The van der Waals surface area contributed by atoms with Gasteiger partial charge in [-0.3, -0.25) is 4.79 Å². The molecular weight excluding hydrogens is 266 g/mol. The molecule has 114 valence electrons. The average Bonchev–Trinajstić information content (AvgIpc) is 2.43. The summed E-state index contributed by atoms with van der Waals surface area (Å²) in [4.78, 5) is 35.7. The summed E-state index contributed by atoms with van der Waals surface area (Å²) < 4.78 is 0. The first kappa shape index (κ1) is 16.2. The lowest BCUT2D eigenvalue weighted by molar-refractivity contribution is -0.141. The summed E-state index contributed by atoms with van der Waals surface area (Å²) >= 11 is 0. The number of rotatable bonds is 4. The molecule has 4 N–H and O–H groups in total. The van der Waals surface area contributed by atoms with Crippen LogP contribution in [0.4, 0.5) is 4.79 Å². The van der Waals surface area contributed by atoms with Crippen molar-refractivity contribution < 1.29 is 24.6 Å². The molecule has 1 saturated heterocycles. The maximum atomic E-state index is 11.9. The van der Waals surface area contributed by atoms with Crippen molar-refractivity contribution >= 4 is 17.9 Å². The van der Waals surface area contributed by atoms with Crippen LogP contribution in [0.3, 0.4) is 0 Å². The average molecular weight is 287 g/mol. The van der Waals surface area contributed by atoms with Gasteiger partial charge in [-0.1, -0.05) is 0 Å². The van der Waals surface area contributed by atoms with Crippen LogP contribution in [0, 0.1) is 5.92 Å². The number of amides is 3. The van der Waals surface area contributed by atoms with Crippen LogP contribution in [-0.2, 0) is 9.59 Å². The molecule has 20 heavy (non-hydrogen) atoms. The predicted molar refractivity (Wildman–Crippen MR) is 70.0 cm³/mol. The molecule has 0 spiro atoms. The van der Waals surface area contributed by atoms with Gasteiger partial charge in [0.05, 0.1) is 6.10 Å². The van der Waals surface area contributed by atoms with Crippen molar-refractivity contribution in [2.45, 2.75) is 31.9 Å². The van der Waals surface area contributed by atoms with Gasteiger partial charge in [0.25, 0.3) is 0 Å². The highest BCUT2D eigenvalue weighted by Gasteiger charge is 2.30. The van der Waals surface area contributed by atoms with Crippen LogP contribution in [0.25, 0.3) is 0 Å². The summed E-state index contributed by atoms with van der Waals surface area (Å²) in [6.07, 6.45) is -0.0983. The molecule has 0 bridgehead atoms. The standard InChI is InChI=1S/C12H21N3O5/c1-7(16)9(11(18)19)14-12(20)15-5-3-8(4-6-15)10(17)13-2/h7-9,16H,3-6H2,1-2H3,(H,13,17)(H,14,20)(H,18,19). The first-order valence-corrected chi connectivity index (χ1v) is 6.54. The number of piperidine rings is 1. The third-order valence-corrected chi connectivity index (χ3v) is 3.43. The third kappa shape index (κ3) is 4.09. The molecule has 1 rings (SSSR count). The number of hydrogen-bond donors (Lipinski definition) is 4. The second kappa shape index (κ2) is 7.09. The Morgan fingerprint density at radius 3 is 2.20 bits per heavy atom. The predicted octanol–water partition coefficient (Wildman–Crippen LogP) is -1.01. The lowest BCUT2D eigenvalue weighted by Gasteiger charge is -2.32. The third-order valence-electron chi connectivity index (χ3n) is 3.43. The van der Waals surface area contributed by atoms with Crippen LogP contribution in [0.2, 0.25) is 0 Å². The highest BCUT2D eigenvalue weighted by Crippen LogP contribution is 2.17. The van der Waals surface area contributed by atoms with Gasteiger partial charge in [-0.2, -0.15) is 0 Å². The molecule has 0 saturated carbocycles. The van der Waals surface area contributed by atoms with Gasteiger partial charge in [-0.25, -0.2) is 9.59 Å². The van der Waals surface area contributed by atoms with Crippen molar-refractivity contribution in [2.24, 2.45) is 5.92 Å². The minimum Gasteiger partial charge on any atom is -0.480 e. The summed E-state index contributed by atoms with van der Waals surface area (Å²) in [6, 6.07) is -1.87. The summed E-state index contributed by atoms with van der Waals surface area (Å²) in [7, 11) is 1.57. The van der Waals surface area contributed by atoms with E-state index in [0.717, 1.165) is 0 Å². The van der Waals surface area contributed by atoms with Gasteiger partial charge in [0.1, 0.15) is 0 Å². The zero-order chi connectivity index (χ0) is 15.3. The number of carboxylic acids is 1. The largest absolute Gasteiger partial charge is 0.480 e. The van der Waals surface area contributed by atoms with Crippen LogP contribution in [0.1, 0.15) is 19.8 Å². The Kier molecular flexibility index (Phi) is 5.75. The zero-order valence-corrected chi connectivity index (χ0v) is 11.6. The van der Waals surface area contributed by atoms with Crippen molar-refractivity contribution in [1.82, 2.24) is 15.5 Å². The Morgan fingerprint density at radius 1 is 1.25 bits per heavy atom. The molecule has 0 radical (unpaired) electrons. The Balaban J connectivity index is 2.50. The van der Waals surface area contributed by atoms with Gasteiger partial charge in [0.15, 0.2) is 6.04 Å². The highest BCUT2D eigenvalue weighted by atomic mass is 16.4. The fourth-order valence-electron chi connectivity index (χ4n) is 2.16. The molecule has 0 aromatic heterocycles. The molecule has 3 amide bonds. The van der Waals surface area contributed by atoms with Gasteiger partial charge in [-0.05, 0) is 19.8 Å². The Labute approximate surface area is 117 Å². The minimum atomic E-state index is -1.33. The van der Waals surface area contributed by atoms with Crippen molar-refractivity contribution in [3.63, 3.8) is 0 Å². The molecule has 8 heteroatoms. The zero-order valence-electron chi connectivity index (χ0n) is 11.6.